The highest BCUT2D eigenvalue weighted by atomic mass is 16.7. The smallest absolute Gasteiger partial charge is 0.161 e. The molecular weight excluding hydrogens is 142 g/mol. The average Bonchev–Trinajstić information content (AvgIpc) is 2.55. The molecule has 0 aromatic heterocycles. The van der Waals surface area contributed by atoms with Crippen molar-refractivity contribution in [2.24, 2.45) is 5.92 Å². The molecule has 2 aliphatic rings. The first-order chi connectivity index (χ1) is 5.36. The van der Waals surface area contributed by atoms with Crippen molar-refractivity contribution in [2.45, 2.75) is 12.7 Å². The number of rotatable bonds is 1. The standard InChI is InChI=1S/C8H15NO2/c1-9-3-2-7(6-9)8-10-4-5-11-8/h7-8H,2-6H2,1H3/t7-/m0/s1. The number of likely N-dealkylation sites (tertiary alicyclic amines) is 1. The maximum absolute atomic E-state index is 5.44. The number of nitrogens with zero attached hydrogens (tertiary/aromatic N) is 1. The van der Waals surface area contributed by atoms with E-state index in [2.05, 4.69) is 11.9 Å². The molecule has 0 radical (unpaired) electrons. The van der Waals surface area contributed by atoms with Crippen molar-refractivity contribution >= 4 is 0 Å². The highest BCUT2D eigenvalue weighted by Crippen LogP contribution is 2.23. The van der Waals surface area contributed by atoms with Crippen molar-refractivity contribution < 1.29 is 9.47 Å². The zero-order valence-corrected chi connectivity index (χ0v) is 6.95. The average molecular weight is 157 g/mol. The molecule has 11 heavy (non-hydrogen) atoms. The lowest BCUT2D eigenvalue weighted by molar-refractivity contribution is -0.0795. The quantitative estimate of drug-likeness (QED) is 0.547. The summed E-state index contributed by atoms with van der Waals surface area (Å²) in [6, 6.07) is 0. The van der Waals surface area contributed by atoms with Crippen molar-refractivity contribution in [2.75, 3.05) is 33.4 Å². The Morgan fingerprint density at radius 3 is 2.55 bits per heavy atom. The molecule has 2 aliphatic heterocycles. The van der Waals surface area contributed by atoms with Crippen LogP contribution < -0.4 is 0 Å². The third kappa shape index (κ3) is 1.55. The van der Waals surface area contributed by atoms with Crippen molar-refractivity contribution in [1.29, 1.82) is 0 Å². The van der Waals surface area contributed by atoms with Gasteiger partial charge in [0.25, 0.3) is 0 Å². The normalized spacial score (nSPS) is 35.2. The predicted octanol–water partition coefficient (Wildman–Crippen LogP) is 0.311. The second kappa shape index (κ2) is 3.09. The van der Waals surface area contributed by atoms with Gasteiger partial charge in [-0.25, -0.2) is 0 Å². The number of hydrogen-bond acceptors (Lipinski definition) is 3. The summed E-state index contributed by atoms with van der Waals surface area (Å²) in [6.45, 7) is 3.88. The highest BCUT2D eigenvalue weighted by molar-refractivity contribution is 4.76. The van der Waals surface area contributed by atoms with Crippen LogP contribution in [0.15, 0.2) is 0 Å². The van der Waals surface area contributed by atoms with Crippen LogP contribution in [0.2, 0.25) is 0 Å². The minimum Gasteiger partial charge on any atom is -0.350 e. The SMILES string of the molecule is CN1CC[C@H](C2OCCO2)C1. The summed E-state index contributed by atoms with van der Waals surface area (Å²) in [7, 11) is 2.15. The first kappa shape index (κ1) is 7.53. The van der Waals surface area contributed by atoms with E-state index in [-0.39, 0.29) is 6.29 Å². The summed E-state index contributed by atoms with van der Waals surface area (Å²) in [5.74, 6) is 0.613. The van der Waals surface area contributed by atoms with Gasteiger partial charge in [-0.05, 0) is 20.0 Å². The molecule has 3 nitrogen and oxygen atoms in total. The molecule has 0 saturated carbocycles. The lowest BCUT2D eigenvalue weighted by Crippen LogP contribution is -2.24. The van der Waals surface area contributed by atoms with E-state index in [9.17, 15) is 0 Å². The van der Waals surface area contributed by atoms with Crippen LogP contribution in [0.1, 0.15) is 6.42 Å². The van der Waals surface area contributed by atoms with Gasteiger partial charge in [-0.3, -0.25) is 0 Å². The Hall–Kier alpha value is -0.120. The molecule has 2 fully saturated rings. The summed E-state index contributed by atoms with van der Waals surface area (Å²) in [5.41, 5.74) is 0. The summed E-state index contributed by atoms with van der Waals surface area (Å²) < 4.78 is 10.9. The molecule has 0 spiro atoms. The third-order valence-electron chi connectivity index (χ3n) is 2.46. The molecule has 2 saturated heterocycles. The van der Waals surface area contributed by atoms with E-state index in [1.807, 2.05) is 0 Å². The van der Waals surface area contributed by atoms with Crippen LogP contribution >= 0.6 is 0 Å². The highest BCUT2D eigenvalue weighted by Gasteiger charge is 2.31. The fourth-order valence-electron chi connectivity index (χ4n) is 1.84. The van der Waals surface area contributed by atoms with Gasteiger partial charge in [0.1, 0.15) is 0 Å². The van der Waals surface area contributed by atoms with E-state index in [4.69, 9.17) is 9.47 Å². The Labute approximate surface area is 67.3 Å². The fourth-order valence-corrected chi connectivity index (χ4v) is 1.84. The molecule has 1 atom stereocenters. The van der Waals surface area contributed by atoms with Gasteiger partial charge in [0.05, 0.1) is 13.2 Å². The van der Waals surface area contributed by atoms with Crippen LogP contribution in [0.5, 0.6) is 0 Å². The zero-order chi connectivity index (χ0) is 7.68. The summed E-state index contributed by atoms with van der Waals surface area (Å²) in [5, 5.41) is 0. The first-order valence-electron chi connectivity index (χ1n) is 4.28. The number of ether oxygens (including phenoxy) is 2. The van der Waals surface area contributed by atoms with Crippen molar-refractivity contribution in [3.8, 4) is 0 Å². The predicted molar refractivity (Wildman–Crippen MR) is 41.3 cm³/mol. The minimum absolute atomic E-state index is 0.0972. The Morgan fingerprint density at radius 1 is 1.27 bits per heavy atom. The van der Waals surface area contributed by atoms with Crippen molar-refractivity contribution in [3.05, 3.63) is 0 Å². The van der Waals surface area contributed by atoms with E-state index in [1.54, 1.807) is 0 Å². The van der Waals surface area contributed by atoms with Gasteiger partial charge in [0, 0.05) is 12.5 Å². The van der Waals surface area contributed by atoms with Crippen LogP contribution in [0, 0.1) is 5.92 Å². The van der Waals surface area contributed by atoms with Gasteiger partial charge >= 0.3 is 0 Å². The Bertz CT molecular complexity index is 134. The third-order valence-corrected chi connectivity index (χ3v) is 2.46. The molecule has 0 amide bonds. The maximum Gasteiger partial charge on any atom is 0.161 e. The van der Waals surface area contributed by atoms with E-state index in [0.29, 0.717) is 5.92 Å². The first-order valence-corrected chi connectivity index (χ1v) is 4.28. The molecule has 0 aromatic rings. The molecule has 64 valence electrons. The van der Waals surface area contributed by atoms with Crippen LogP contribution in [0.4, 0.5) is 0 Å². The van der Waals surface area contributed by atoms with E-state index < -0.39 is 0 Å². The molecule has 2 rings (SSSR count). The second-order valence-electron chi connectivity index (χ2n) is 3.42. The van der Waals surface area contributed by atoms with Gasteiger partial charge in [-0.1, -0.05) is 0 Å². The van der Waals surface area contributed by atoms with Gasteiger partial charge in [-0.15, -0.1) is 0 Å². The molecule has 0 aromatic carbocycles. The molecule has 2 heterocycles. The maximum atomic E-state index is 5.44. The monoisotopic (exact) mass is 157 g/mol. The minimum atomic E-state index is 0.0972. The van der Waals surface area contributed by atoms with Gasteiger partial charge in [0.2, 0.25) is 0 Å². The van der Waals surface area contributed by atoms with Crippen molar-refractivity contribution in [1.82, 2.24) is 4.90 Å². The number of hydrogen-bond donors (Lipinski definition) is 0. The van der Waals surface area contributed by atoms with E-state index in [0.717, 1.165) is 19.8 Å². The molecule has 0 aliphatic carbocycles. The Kier molecular flexibility index (Phi) is 2.11. The molecule has 0 N–H and O–H groups in total. The largest absolute Gasteiger partial charge is 0.350 e. The molecule has 3 heteroatoms. The summed E-state index contributed by atoms with van der Waals surface area (Å²) >= 11 is 0. The van der Waals surface area contributed by atoms with Crippen LogP contribution in [-0.2, 0) is 9.47 Å². The van der Waals surface area contributed by atoms with E-state index in [1.165, 1.54) is 13.0 Å². The zero-order valence-electron chi connectivity index (χ0n) is 6.95. The van der Waals surface area contributed by atoms with Gasteiger partial charge in [0.15, 0.2) is 6.29 Å². The van der Waals surface area contributed by atoms with E-state index >= 15 is 0 Å². The molecule has 0 bridgehead atoms. The summed E-state index contributed by atoms with van der Waals surface area (Å²) in [4.78, 5) is 2.33. The van der Waals surface area contributed by atoms with Crippen LogP contribution in [0.3, 0.4) is 0 Å². The van der Waals surface area contributed by atoms with Gasteiger partial charge in [-0.2, -0.15) is 0 Å². The lowest BCUT2D eigenvalue weighted by atomic mass is 10.1. The van der Waals surface area contributed by atoms with Crippen LogP contribution in [0.25, 0.3) is 0 Å². The lowest BCUT2D eigenvalue weighted by Gasteiger charge is -2.16. The van der Waals surface area contributed by atoms with Gasteiger partial charge < -0.3 is 14.4 Å². The molecule has 0 unspecified atom stereocenters. The van der Waals surface area contributed by atoms with Crippen molar-refractivity contribution in [3.63, 3.8) is 0 Å². The molecular formula is C8H15NO2. The Balaban J connectivity index is 1.85. The Morgan fingerprint density at radius 2 is 2.00 bits per heavy atom. The fraction of sp³-hybridized carbons (Fsp3) is 1.00. The summed E-state index contributed by atoms with van der Waals surface area (Å²) in [6.07, 6.45) is 1.32. The topological polar surface area (TPSA) is 21.7 Å². The second-order valence-corrected chi connectivity index (χ2v) is 3.42. The van der Waals surface area contributed by atoms with Crippen LogP contribution in [-0.4, -0.2) is 44.5 Å².